The number of aromatic nitrogens is 2. The number of thiophene rings is 1. The molecule has 0 saturated carbocycles. The molecule has 1 fully saturated rings. The first-order valence-corrected chi connectivity index (χ1v) is 10.4. The standard InChI is InChI=1S/C19H26N4O2S.ClH/c1-11-3-4-13-14(9-11)26-19-17(13)18(25)21-15(22-19)5-6-16(24)23-8-7-20-10-12(23)2;/h11-12,20H,3-10H2,1-2H3,(H,21,22,25);1H/t11?,12-;/m1./s1. The van der Waals surface area contributed by atoms with E-state index in [1.54, 1.807) is 11.3 Å². The van der Waals surface area contributed by atoms with Gasteiger partial charge in [-0.1, -0.05) is 6.92 Å². The number of hydrogen-bond donors (Lipinski definition) is 2. The highest BCUT2D eigenvalue weighted by molar-refractivity contribution is 7.18. The van der Waals surface area contributed by atoms with Crippen LogP contribution in [0.1, 0.15) is 43.0 Å². The molecule has 2 aromatic rings. The predicted octanol–water partition coefficient (Wildman–Crippen LogP) is 2.28. The van der Waals surface area contributed by atoms with E-state index in [2.05, 4.69) is 29.1 Å². The van der Waals surface area contributed by atoms with E-state index in [1.165, 1.54) is 10.4 Å². The van der Waals surface area contributed by atoms with E-state index in [0.717, 1.165) is 49.1 Å². The molecule has 4 rings (SSSR count). The highest BCUT2D eigenvalue weighted by Gasteiger charge is 2.24. The van der Waals surface area contributed by atoms with Crippen LogP contribution in [0.15, 0.2) is 4.79 Å². The Kier molecular flexibility index (Phi) is 6.23. The maximum absolute atomic E-state index is 12.6. The molecule has 1 aliphatic heterocycles. The van der Waals surface area contributed by atoms with Gasteiger partial charge in [0.2, 0.25) is 5.91 Å². The molecule has 0 radical (unpaired) electrons. The van der Waals surface area contributed by atoms with Crippen molar-refractivity contribution >= 4 is 39.9 Å². The molecule has 0 spiro atoms. The zero-order valence-corrected chi connectivity index (χ0v) is 17.5. The maximum Gasteiger partial charge on any atom is 0.259 e. The van der Waals surface area contributed by atoms with E-state index in [0.29, 0.717) is 24.6 Å². The van der Waals surface area contributed by atoms with Gasteiger partial charge in [0.1, 0.15) is 10.7 Å². The molecule has 1 aliphatic carbocycles. The fraction of sp³-hybridized carbons (Fsp3) is 0.632. The summed E-state index contributed by atoms with van der Waals surface area (Å²) in [4.78, 5) is 36.8. The molecule has 8 heteroatoms. The summed E-state index contributed by atoms with van der Waals surface area (Å²) < 4.78 is 0. The van der Waals surface area contributed by atoms with Crippen LogP contribution >= 0.6 is 23.7 Å². The molecular weight excluding hydrogens is 384 g/mol. The van der Waals surface area contributed by atoms with Gasteiger partial charge in [0, 0.05) is 43.4 Å². The number of aromatic amines is 1. The summed E-state index contributed by atoms with van der Waals surface area (Å²) in [5.41, 5.74) is 1.16. The Morgan fingerprint density at radius 1 is 1.37 bits per heavy atom. The Labute approximate surface area is 169 Å². The van der Waals surface area contributed by atoms with E-state index >= 15 is 0 Å². The third kappa shape index (κ3) is 4.05. The number of hydrogen-bond acceptors (Lipinski definition) is 5. The summed E-state index contributed by atoms with van der Waals surface area (Å²) in [6.07, 6.45) is 4.03. The van der Waals surface area contributed by atoms with E-state index in [1.807, 2.05) is 4.90 Å². The molecule has 27 heavy (non-hydrogen) atoms. The topological polar surface area (TPSA) is 78.1 Å². The van der Waals surface area contributed by atoms with Gasteiger partial charge in [0.25, 0.3) is 5.56 Å². The van der Waals surface area contributed by atoms with Crippen LogP contribution in [0.25, 0.3) is 10.2 Å². The van der Waals surface area contributed by atoms with E-state index in [-0.39, 0.29) is 29.9 Å². The summed E-state index contributed by atoms with van der Waals surface area (Å²) in [6, 6.07) is 0.219. The van der Waals surface area contributed by atoms with Crippen LogP contribution in [0.5, 0.6) is 0 Å². The molecule has 0 aromatic carbocycles. The highest BCUT2D eigenvalue weighted by atomic mass is 35.5. The first kappa shape index (κ1) is 20.3. The van der Waals surface area contributed by atoms with E-state index in [4.69, 9.17) is 0 Å². The van der Waals surface area contributed by atoms with Crippen LogP contribution in [0.4, 0.5) is 0 Å². The number of halogens is 1. The van der Waals surface area contributed by atoms with Crippen LogP contribution in [0.2, 0.25) is 0 Å². The minimum Gasteiger partial charge on any atom is -0.337 e. The number of nitrogens with one attached hydrogen (secondary N) is 2. The van der Waals surface area contributed by atoms with E-state index < -0.39 is 0 Å². The van der Waals surface area contributed by atoms with Gasteiger partial charge in [-0.3, -0.25) is 9.59 Å². The van der Waals surface area contributed by atoms with Crippen molar-refractivity contribution in [2.75, 3.05) is 19.6 Å². The Morgan fingerprint density at radius 3 is 2.96 bits per heavy atom. The van der Waals surface area contributed by atoms with Crippen molar-refractivity contribution < 1.29 is 4.79 Å². The highest BCUT2D eigenvalue weighted by Crippen LogP contribution is 2.35. The molecule has 1 saturated heterocycles. The Hall–Kier alpha value is -1.44. The Bertz CT molecular complexity index is 894. The van der Waals surface area contributed by atoms with Gasteiger partial charge >= 0.3 is 0 Å². The first-order valence-electron chi connectivity index (χ1n) is 9.56. The maximum atomic E-state index is 12.6. The van der Waals surface area contributed by atoms with Crippen molar-refractivity contribution in [2.24, 2.45) is 5.92 Å². The van der Waals surface area contributed by atoms with Crippen LogP contribution in [-0.2, 0) is 24.1 Å². The minimum atomic E-state index is -0.0416. The van der Waals surface area contributed by atoms with Crippen molar-refractivity contribution in [3.05, 3.63) is 26.6 Å². The lowest BCUT2D eigenvalue weighted by Gasteiger charge is -2.34. The second-order valence-electron chi connectivity index (χ2n) is 7.68. The number of fused-ring (bicyclic) bond motifs is 3. The van der Waals surface area contributed by atoms with Gasteiger partial charge < -0.3 is 15.2 Å². The summed E-state index contributed by atoms with van der Waals surface area (Å²) in [5, 5.41) is 4.08. The van der Waals surface area contributed by atoms with Gasteiger partial charge in [-0.2, -0.15) is 0 Å². The number of carbonyl (C=O) groups excluding carboxylic acids is 1. The lowest BCUT2D eigenvalue weighted by atomic mass is 9.89. The molecule has 2 N–H and O–H groups in total. The zero-order chi connectivity index (χ0) is 18.3. The van der Waals surface area contributed by atoms with Crippen molar-refractivity contribution in [3.8, 4) is 0 Å². The molecule has 148 valence electrons. The molecule has 1 amide bonds. The SMILES string of the molecule is CC1CCc2c(sc3nc(CCC(=O)N4CCNC[C@H]4C)[nH]c(=O)c23)C1.Cl. The van der Waals surface area contributed by atoms with Crippen LogP contribution < -0.4 is 10.9 Å². The molecule has 2 aliphatic rings. The van der Waals surface area contributed by atoms with Crippen molar-refractivity contribution in [1.29, 1.82) is 0 Å². The van der Waals surface area contributed by atoms with E-state index in [9.17, 15) is 9.59 Å². The summed E-state index contributed by atoms with van der Waals surface area (Å²) in [5.74, 6) is 1.44. The Balaban J connectivity index is 0.00000210. The Morgan fingerprint density at radius 2 is 2.19 bits per heavy atom. The van der Waals surface area contributed by atoms with Crippen molar-refractivity contribution in [3.63, 3.8) is 0 Å². The van der Waals surface area contributed by atoms with Gasteiger partial charge in [0.15, 0.2) is 0 Å². The second kappa shape index (κ2) is 8.29. The zero-order valence-electron chi connectivity index (χ0n) is 15.8. The molecule has 0 bridgehead atoms. The molecule has 6 nitrogen and oxygen atoms in total. The number of piperazine rings is 1. The average Bonchev–Trinajstić information content (AvgIpc) is 2.97. The van der Waals surface area contributed by atoms with Crippen LogP contribution in [0.3, 0.4) is 0 Å². The van der Waals surface area contributed by atoms with Crippen LogP contribution in [0, 0.1) is 5.92 Å². The molecular formula is C19H27ClN4O2S. The average molecular weight is 411 g/mol. The third-order valence-corrected chi connectivity index (χ3v) is 6.76. The minimum absolute atomic E-state index is 0. The number of nitrogens with zero attached hydrogens (tertiary/aromatic N) is 2. The third-order valence-electron chi connectivity index (χ3n) is 5.61. The summed E-state index contributed by atoms with van der Waals surface area (Å²) in [6.45, 7) is 6.76. The predicted molar refractivity (Wildman–Crippen MR) is 111 cm³/mol. The first-order chi connectivity index (χ1) is 12.5. The van der Waals surface area contributed by atoms with Crippen LogP contribution in [-0.4, -0.2) is 46.5 Å². The lowest BCUT2D eigenvalue weighted by Crippen LogP contribution is -2.52. The summed E-state index contributed by atoms with van der Waals surface area (Å²) >= 11 is 1.66. The molecule has 2 atom stereocenters. The van der Waals surface area contributed by atoms with Gasteiger partial charge in [-0.05, 0) is 37.7 Å². The number of amides is 1. The van der Waals surface area contributed by atoms with Gasteiger partial charge in [0.05, 0.1) is 5.39 Å². The molecule has 3 heterocycles. The van der Waals surface area contributed by atoms with Gasteiger partial charge in [-0.25, -0.2) is 4.98 Å². The largest absolute Gasteiger partial charge is 0.337 e. The monoisotopic (exact) mass is 410 g/mol. The number of rotatable bonds is 3. The fourth-order valence-corrected chi connectivity index (χ4v) is 5.49. The quantitative estimate of drug-likeness (QED) is 0.813. The lowest BCUT2D eigenvalue weighted by molar-refractivity contribution is -0.133. The smallest absolute Gasteiger partial charge is 0.259 e. The summed E-state index contributed by atoms with van der Waals surface area (Å²) in [7, 11) is 0. The number of aryl methyl sites for hydroxylation is 2. The molecule has 1 unspecified atom stereocenters. The normalized spacial score (nSPS) is 22.4. The second-order valence-corrected chi connectivity index (χ2v) is 8.77. The molecule has 2 aromatic heterocycles. The number of carbonyl (C=O) groups is 1. The van der Waals surface area contributed by atoms with Gasteiger partial charge in [-0.15, -0.1) is 23.7 Å². The number of H-pyrrole nitrogens is 1. The van der Waals surface area contributed by atoms with Crippen molar-refractivity contribution in [2.45, 2.75) is 52.0 Å². The van der Waals surface area contributed by atoms with Crippen molar-refractivity contribution in [1.82, 2.24) is 20.2 Å². The fourth-order valence-electron chi connectivity index (χ4n) is 4.09.